The summed E-state index contributed by atoms with van der Waals surface area (Å²) >= 11 is 3.64. The van der Waals surface area contributed by atoms with Crippen LogP contribution in [0, 0.1) is 12.0 Å². The average Bonchev–Trinajstić information content (AvgIpc) is 3.29. The Bertz CT molecular complexity index is 799. The molecule has 2 fully saturated rings. The Hall–Kier alpha value is -1.60. The van der Waals surface area contributed by atoms with Gasteiger partial charge in [-0.05, 0) is 54.1 Å². The van der Waals surface area contributed by atoms with E-state index in [1.54, 1.807) is 12.4 Å². The van der Waals surface area contributed by atoms with E-state index in [2.05, 4.69) is 37.2 Å². The van der Waals surface area contributed by atoms with E-state index < -0.39 is 6.03 Å². The first-order valence-electron chi connectivity index (χ1n) is 9.49. The number of pyridine rings is 1. The highest BCUT2D eigenvalue weighted by Gasteiger charge is 2.25. The molecule has 6 nitrogen and oxygen atoms in total. The van der Waals surface area contributed by atoms with Gasteiger partial charge in [-0.1, -0.05) is 12.8 Å². The van der Waals surface area contributed by atoms with Gasteiger partial charge in [0.1, 0.15) is 0 Å². The number of anilines is 1. The van der Waals surface area contributed by atoms with E-state index in [0.717, 1.165) is 47.5 Å². The Balaban J connectivity index is 1.54. The number of nitrogens with zero attached hydrogens (tertiary/aromatic N) is 3. The normalized spacial score (nSPS) is 21.6. The molecule has 1 saturated carbocycles. The quantitative estimate of drug-likeness (QED) is 0.798. The molecule has 2 aromatic rings. The standard InChI is InChI=1S/C19H25BrN5O/c20-16-11-23-18-15(7-9-25(18)19(21)26)17(16)24-8-3-6-14(12-24)22-10-13-4-1-2-5-13/h9,11,13-14,22H,1-6,8,10,12H2,(H2,21,26)/t14-/m1/s1. The van der Waals surface area contributed by atoms with Gasteiger partial charge in [0, 0.05) is 37.6 Å². The molecule has 1 atom stereocenters. The second-order valence-electron chi connectivity index (χ2n) is 7.48. The second-order valence-corrected chi connectivity index (χ2v) is 8.33. The maximum absolute atomic E-state index is 11.6. The number of primary amides is 1. The number of halogens is 1. The number of nitrogens with two attached hydrogens (primary N) is 1. The van der Waals surface area contributed by atoms with E-state index in [1.807, 2.05) is 0 Å². The van der Waals surface area contributed by atoms with Crippen LogP contribution < -0.4 is 16.0 Å². The predicted molar refractivity (Wildman–Crippen MR) is 106 cm³/mol. The van der Waals surface area contributed by atoms with Crippen LogP contribution in [0.25, 0.3) is 11.0 Å². The summed E-state index contributed by atoms with van der Waals surface area (Å²) in [5.41, 5.74) is 7.07. The molecule has 3 N–H and O–H groups in total. The summed E-state index contributed by atoms with van der Waals surface area (Å²) in [6, 6.07) is 3.14. The van der Waals surface area contributed by atoms with Gasteiger partial charge < -0.3 is 16.0 Å². The maximum Gasteiger partial charge on any atom is 0.324 e. The molecule has 1 aliphatic heterocycles. The van der Waals surface area contributed by atoms with Gasteiger partial charge in [-0.15, -0.1) is 0 Å². The van der Waals surface area contributed by atoms with Crippen LogP contribution in [-0.4, -0.2) is 41.3 Å². The molecular weight excluding hydrogens is 394 g/mol. The van der Waals surface area contributed by atoms with Crippen LogP contribution in [0.3, 0.4) is 0 Å². The second kappa shape index (κ2) is 7.56. The molecule has 3 heterocycles. The zero-order chi connectivity index (χ0) is 18.1. The lowest BCUT2D eigenvalue weighted by atomic mass is 10.0. The highest BCUT2D eigenvalue weighted by atomic mass is 79.9. The Kier molecular flexibility index (Phi) is 5.18. The third kappa shape index (κ3) is 3.47. The number of rotatable bonds is 4. The molecule has 26 heavy (non-hydrogen) atoms. The zero-order valence-corrected chi connectivity index (χ0v) is 16.5. The van der Waals surface area contributed by atoms with Crippen LogP contribution in [-0.2, 0) is 0 Å². The monoisotopic (exact) mass is 418 g/mol. The van der Waals surface area contributed by atoms with Gasteiger partial charge in [0.25, 0.3) is 0 Å². The van der Waals surface area contributed by atoms with Gasteiger partial charge in [0.2, 0.25) is 0 Å². The van der Waals surface area contributed by atoms with Crippen molar-refractivity contribution in [1.29, 1.82) is 0 Å². The van der Waals surface area contributed by atoms with Gasteiger partial charge in [0.05, 0.1) is 15.5 Å². The summed E-state index contributed by atoms with van der Waals surface area (Å²) in [6.07, 6.45) is 11.2. The van der Waals surface area contributed by atoms with Crippen molar-refractivity contribution in [2.75, 3.05) is 24.5 Å². The SMILES string of the molecule is NC(=O)n1c[c]c2c(N3CCC[C@@H](NCC4CCCC4)C3)c(Br)cnc21. The van der Waals surface area contributed by atoms with Crippen LogP contribution >= 0.6 is 15.9 Å². The number of carbonyl (C=O) groups excluding carboxylic acids is 1. The van der Waals surface area contributed by atoms with Crippen molar-refractivity contribution < 1.29 is 4.79 Å². The molecule has 2 aliphatic rings. The minimum atomic E-state index is -0.535. The van der Waals surface area contributed by atoms with Gasteiger partial charge in [-0.3, -0.25) is 4.57 Å². The van der Waals surface area contributed by atoms with Gasteiger partial charge in [-0.2, -0.15) is 0 Å². The highest BCUT2D eigenvalue weighted by Crippen LogP contribution is 2.35. The van der Waals surface area contributed by atoms with Crippen molar-refractivity contribution in [2.45, 2.75) is 44.6 Å². The highest BCUT2D eigenvalue weighted by molar-refractivity contribution is 9.10. The van der Waals surface area contributed by atoms with Crippen LogP contribution in [0.2, 0.25) is 0 Å². The Morgan fingerprint density at radius 3 is 2.92 bits per heavy atom. The number of aromatic nitrogens is 2. The lowest BCUT2D eigenvalue weighted by Crippen LogP contribution is -2.47. The van der Waals surface area contributed by atoms with Crippen LogP contribution in [0.15, 0.2) is 16.9 Å². The third-order valence-corrected chi connectivity index (χ3v) is 6.28. The number of carbonyl (C=O) groups is 1. The first-order chi connectivity index (χ1) is 12.6. The summed E-state index contributed by atoms with van der Waals surface area (Å²) in [5.74, 6) is 0.850. The molecule has 1 aliphatic carbocycles. The fourth-order valence-electron chi connectivity index (χ4n) is 4.35. The largest absolute Gasteiger partial charge is 0.368 e. The van der Waals surface area contributed by atoms with Crippen molar-refractivity contribution in [3.63, 3.8) is 0 Å². The molecule has 4 rings (SSSR count). The molecule has 0 unspecified atom stereocenters. The van der Waals surface area contributed by atoms with Crippen LogP contribution in [0.1, 0.15) is 38.5 Å². The molecule has 0 spiro atoms. The Morgan fingerprint density at radius 1 is 1.35 bits per heavy atom. The summed E-state index contributed by atoms with van der Waals surface area (Å²) < 4.78 is 2.28. The predicted octanol–water partition coefficient (Wildman–Crippen LogP) is 3.27. The van der Waals surface area contributed by atoms with E-state index in [-0.39, 0.29) is 0 Å². The van der Waals surface area contributed by atoms with Crippen LogP contribution in [0.5, 0.6) is 0 Å². The topological polar surface area (TPSA) is 76.2 Å². The molecule has 2 aromatic heterocycles. The molecule has 0 bridgehead atoms. The number of fused-ring (bicyclic) bond motifs is 1. The molecule has 0 aromatic carbocycles. The van der Waals surface area contributed by atoms with Gasteiger partial charge in [-0.25, -0.2) is 9.78 Å². The summed E-state index contributed by atoms with van der Waals surface area (Å²) in [7, 11) is 0. The van der Waals surface area contributed by atoms with Crippen LogP contribution in [0.4, 0.5) is 10.5 Å². The Labute approximate surface area is 162 Å². The maximum atomic E-state index is 11.6. The minimum absolute atomic E-state index is 0.498. The van der Waals surface area contributed by atoms with Crippen molar-refractivity contribution >= 4 is 38.7 Å². The molecule has 139 valence electrons. The molecule has 7 heteroatoms. The fourth-order valence-corrected chi connectivity index (χ4v) is 4.90. The van der Waals surface area contributed by atoms with E-state index in [0.29, 0.717) is 11.7 Å². The summed E-state index contributed by atoms with van der Waals surface area (Å²) in [6.45, 7) is 3.09. The van der Waals surface area contributed by atoms with Crippen molar-refractivity contribution in [1.82, 2.24) is 14.9 Å². The minimum Gasteiger partial charge on any atom is -0.368 e. The van der Waals surface area contributed by atoms with Crippen molar-refractivity contribution in [2.24, 2.45) is 11.7 Å². The van der Waals surface area contributed by atoms with Crippen molar-refractivity contribution in [3.8, 4) is 0 Å². The van der Waals surface area contributed by atoms with E-state index >= 15 is 0 Å². The van der Waals surface area contributed by atoms with E-state index in [9.17, 15) is 4.79 Å². The van der Waals surface area contributed by atoms with E-state index in [1.165, 1.54) is 36.7 Å². The first kappa shape index (κ1) is 17.8. The zero-order valence-electron chi connectivity index (χ0n) is 14.9. The van der Waals surface area contributed by atoms with Crippen molar-refractivity contribution in [3.05, 3.63) is 22.9 Å². The summed E-state index contributed by atoms with van der Waals surface area (Å²) in [5, 5.41) is 4.63. The molecule has 1 amide bonds. The lowest BCUT2D eigenvalue weighted by molar-refractivity contribution is 0.251. The fraction of sp³-hybridized carbons (Fsp3) is 0.579. The third-order valence-electron chi connectivity index (χ3n) is 5.70. The smallest absolute Gasteiger partial charge is 0.324 e. The lowest BCUT2D eigenvalue weighted by Gasteiger charge is -2.36. The van der Waals surface area contributed by atoms with Gasteiger partial charge in [0.15, 0.2) is 5.65 Å². The number of hydrogen-bond donors (Lipinski definition) is 2. The number of piperidine rings is 1. The molecule has 1 radical (unpaired) electrons. The number of amides is 1. The number of hydrogen-bond acceptors (Lipinski definition) is 4. The molecular formula is C19H25BrN5O. The average molecular weight is 419 g/mol. The summed E-state index contributed by atoms with van der Waals surface area (Å²) in [4.78, 5) is 18.3. The molecule has 1 saturated heterocycles. The first-order valence-corrected chi connectivity index (χ1v) is 10.3. The van der Waals surface area contributed by atoms with E-state index in [4.69, 9.17) is 5.73 Å². The Morgan fingerprint density at radius 2 is 2.15 bits per heavy atom. The number of nitrogens with one attached hydrogen (secondary N) is 1. The van der Waals surface area contributed by atoms with Gasteiger partial charge >= 0.3 is 6.03 Å².